The number of carbonyl (C=O) groups is 21. The lowest BCUT2D eigenvalue weighted by Crippen LogP contribution is -2.53. The SMILES string of the molecule is NC(CCC(=O)CC(CCC(=O)NCCNC(=O)C(F)(F)F)(CCC(=O)NCCNC(=O)C(F)(F)F)CCC(=O)NCCNC(=O)C(F)(F)F)(CCC(=O)NC(CCC(=O)NCCNC(=O)C(F)(F)F)(CCC(=O)NCCNC(=O)C(F)(F)F)CCC(=O)NCCNC(=O)C(F)(F)F)CCC(=O)NC(CCC(=O)NCCNC(=O)C(F)(F)F)(CCC(=O)NCCNC(=O)C(F)(F)F)CC(=O)NCCNC(=O)C(F)(F)F. The summed E-state index contributed by atoms with van der Waals surface area (Å²) >= 11 is 0. The van der Waals surface area contributed by atoms with Gasteiger partial charge in [0.15, 0.2) is 0 Å². The average Bonchev–Trinajstić information content (AvgIpc) is 0.830. The summed E-state index contributed by atoms with van der Waals surface area (Å²) < 4.78 is 353. The number of alkyl halides is 27. The summed E-state index contributed by atoms with van der Waals surface area (Å²) in [5.74, 6) is -37.7. The van der Waals surface area contributed by atoms with Crippen molar-refractivity contribution < 1.29 is 219 Å². The first-order valence-corrected chi connectivity index (χ1v) is 43.0. The molecule has 0 fully saturated rings. The molecule has 0 saturated carbocycles. The summed E-state index contributed by atoms with van der Waals surface area (Å²) in [6.45, 7) is -16.3. The van der Waals surface area contributed by atoms with Gasteiger partial charge in [-0.3, -0.25) is 101 Å². The minimum atomic E-state index is -5.54. The van der Waals surface area contributed by atoms with Crippen LogP contribution in [0.1, 0.15) is 154 Å². The van der Waals surface area contributed by atoms with Crippen LogP contribution in [0.15, 0.2) is 0 Å². The number of amides is 20. The van der Waals surface area contributed by atoms with E-state index in [2.05, 4.69) is 53.2 Å². The summed E-state index contributed by atoms with van der Waals surface area (Å²) in [4.78, 5) is 271. The fraction of sp³-hybridized carbons (Fsp3) is 0.724. The van der Waals surface area contributed by atoms with E-state index in [0.717, 1.165) is 0 Å². The lowest BCUT2D eigenvalue weighted by molar-refractivity contribution is -0.173. The molecule has 1 unspecified atom stereocenters. The summed E-state index contributed by atoms with van der Waals surface area (Å²) in [6.07, 6.45) is -72.8. The van der Waals surface area contributed by atoms with Crippen molar-refractivity contribution in [3.05, 3.63) is 0 Å². The summed E-state index contributed by atoms with van der Waals surface area (Å²) in [7, 11) is 0. The van der Waals surface area contributed by atoms with Gasteiger partial charge >= 0.3 is 109 Å². The van der Waals surface area contributed by atoms with E-state index >= 15 is 14.4 Å². The molecule has 0 bridgehead atoms. The number of nitrogens with two attached hydrogens (primary N) is 1. The van der Waals surface area contributed by atoms with Crippen LogP contribution in [0.25, 0.3) is 0 Å². The molecule has 42 nitrogen and oxygen atoms in total. The molecule has 0 aromatic carbocycles. The summed E-state index contributed by atoms with van der Waals surface area (Å²) in [6, 6.07) is 0. The average molecular weight is 2160 g/mol. The van der Waals surface area contributed by atoms with E-state index in [-0.39, 0.29) is 0 Å². The van der Waals surface area contributed by atoms with E-state index in [4.69, 9.17) is 5.73 Å². The smallest absolute Gasteiger partial charge is 0.354 e. The zero-order valence-corrected chi connectivity index (χ0v) is 76.1. The Bertz CT molecular complexity index is 3890. The molecule has 0 rings (SSSR count). The fourth-order valence-electron chi connectivity index (χ4n) is 12.7. The van der Waals surface area contributed by atoms with Gasteiger partial charge in [-0.15, -0.1) is 0 Å². The maximum Gasteiger partial charge on any atom is 0.471 e. The zero-order chi connectivity index (χ0) is 111. The van der Waals surface area contributed by atoms with E-state index in [1.165, 1.54) is 47.9 Å². The van der Waals surface area contributed by atoms with Gasteiger partial charge in [0.05, 0.1) is 0 Å². The second-order valence-corrected chi connectivity index (χ2v) is 31.8. The van der Waals surface area contributed by atoms with Crippen LogP contribution in [0, 0.1) is 5.41 Å². The van der Waals surface area contributed by atoms with Crippen molar-refractivity contribution in [3.8, 4) is 0 Å². The van der Waals surface area contributed by atoms with Gasteiger partial charge < -0.3 is 112 Å². The Morgan fingerprint density at radius 1 is 0.159 bits per heavy atom. The van der Waals surface area contributed by atoms with Gasteiger partial charge in [-0.05, 0) is 76.0 Å². The molecule has 0 aromatic rings. The Morgan fingerprint density at radius 3 is 0.490 bits per heavy atom. The lowest BCUT2D eigenvalue weighted by atomic mass is 9.70. The quantitative estimate of drug-likeness (QED) is 0.0269. The maximum atomic E-state index is 15.1. The number of hydrogen-bond donors (Lipinski definition) is 21. The first-order valence-electron chi connectivity index (χ1n) is 43.0. The minimum absolute atomic E-state index is 0.775. The molecule has 145 heavy (non-hydrogen) atoms. The lowest BCUT2D eigenvalue weighted by Gasteiger charge is -2.37. The Hall–Kier alpha value is -12.9. The molecular formula is C76H106F27N21O21. The highest BCUT2D eigenvalue weighted by Gasteiger charge is 2.47. The molecule has 0 saturated heterocycles. The summed E-state index contributed by atoms with van der Waals surface area (Å²) in [5.41, 5.74) is -2.23. The van der Waals surface area contributed by atoms with Crippen molar-refractivity contribution in [2.75, 3.05) is 118 Å². The molecule has 830 valence electrons. The molecule has 0 aliphatic rings. The van der Waals surface area contributed by atoms with Crippen LogP contribution < -0.4 is 112 Å². The largest absolute Gasteiger partial charge is 0.471 e. The number of carbonyl (C=O) groups excluding carboxylic acids is 21. The zero-order valence-electron chi connectivity index (χ0n) is 76.1. The van der Waals surface area contributed by atoms with Gasteiger partial charge in [0, 0.05) is 218 Å². The third kappa shape index (κ3) is 60.5. The van der Waals surface area contributed by atoms with E-state index in [0.29, 0.717) is 0 Å². The second-order valence-electron chi connectivity index (χ2n) is 31.8. The minimum Gasteiger partial charge on any atom is -0.354 e. The predicted octanol–water partition coefficient (Wildman–Crippen LogP) is -0.536. The van der Waals surface area contributed by atoms with E-state index in [1.807, 2.05) is 5.32 Å². The highest BCUT2D eigenvalue weighted by molar-refractivity contribution is 5.89. The van der Waals surface area contributed by atoms with Gasteiger partial charge in [-0.1, -0.05) is 0 Å². The number of halogens is 27. The predicted molar refractivity (Wildman–Crippen MR) is 436 cm³/mol. The van der Waals surface area contributed by atoms with Crippen LogP contribution in [0.5, 0.6) is 0 Å². The number of ketones is 1. The molecule has 69 heteroatoms. The molecule has 0 heterocycles. The monoisotopic (exact) mass is 2160 g/mol. The molecule has 0 aliphatic carbocycles. The molecule has 0 aromatic heterocycles. The molecule has 22 N–H and O–H groups in total. The fourth-order valence-corrected chi connectivity index (χ4v) is 12.7. The number of hydrogen-bond acceptors (Lipinski definition) is 22. The van der Waals surface area contributed by atoms with Crippen LogP contribution >= 0.6 is 0 Å². The highest BCUT2D eigenvalue weighted by Crippen LogP contribution is 2.41. The number of Topliss-reactive ketones (excluding diaryl/α,β-unsaturated/α-hetero) is 1. The normalized spacial score (nSPS) is 12.7. The van der Waals surface area contributed by atoms with Gasteiger partial charge in [0.2, 0.25) is 65.0 Å². The van der Waals surface area contributed by atoms with E-state index in [1.54, 1.807) is 0 Å². The third-order valence-corrected chi connectivity index (χ3v) is 20.2. The molecule has 0 radical (unpaired) electrons. The van der Waals surface area contributed by atoms with Crippen molar-refractivity contribution in [2.45, 2.75) is 226 Å². The number of rotatable bonds is 66. The van der Waals surface area contributed by atoms with Crippen molar-refractivity contribution in [1.29, 1.82) is 0 Å². The van der Waals surface area contributed by atoms with Crippen LogP contribution in [0.3, 0.4) is 0 Å². The van der Waals surface area contributed by atoms with Gasteiger partial charge in [0.25, 0.3) is 0 Å². The van der Waals surface area contributed by atoms with E-state index in [9.17, 15) is 205 Å². The van der Waals surface area contributed by atoms with Crippen LogP contribution in [-0.2, 0) is 101 Å². The van der Waals surface area contributed by atoms with E-state index < -0.39 is 473 Å². The van der Waals surface area contributed by atoms with Gasteiger partial charge in [0.1, 0.15) is 5.78 Å². The summed E-state index contributed by atoms with van der Waals surface area (Å²) in [5, 5.41) is 36.1. The first kappa shape index (κ1) is 132. The van der Waals surface area contributed by atoms with Crippen LogP contribution in [0.4, 0.5) is 119 Å². The van der Waals surface area contributed by atoms with Crippen molar-refractivity contribution in [2.24, 2.45) is 11.1 Å². The Balaban J connectivity index is 9.33. The second kappa shape index (κ2) is 61.4. The van der Waals surface area contributed by atoms with Crippen LogP contribution in [-0.4, -0.2) is 314 Å². The van der Waals surface area contributed by atoms with Crippen molar-refractivity contribution in [3.63, 3.8) is 0 Å². The standard InChI is InChI=1S/C76H106F27N21O21/c77-68(78,79)55(137)114-32-23-105-44(126)2-12-64(13-3-45(127)106-24-33-115-56(138)69(80,81)82,14-4-46(128)107-25-34-116-57(139)70(83,84)85)41-43(125)1-15-65(104,17-6-53(135)124-67(42-54(136)113-31-40-122-63(145)76(101,102)103,21-10-50(132)111-29-38-120-61(143)74(95,96)97)22-11-51(133)112-30-39-121-62(144)75(98,99)100)16-5-52(134)123-66(18-7-47(129)108-26-35-117-58(140)71(86,87)88,19-8-48(130)109-27-36-118-59(141)72(89,90)91)20-9-49(131)110-28-37-119-60(142)73(92,93)94/h1-42,104H2,(H,105,126)(H,106,127)(H,107,128)(H,108,129)(H,109,130)(H,110,131)(H,111,132)(H,112,133)(H,113,136)(H,114,137)(H,115,138)(H,116,139)(H,117,140)(H,118,141)(H,119,142)(H,120,143)(H,121,144)(H,122,145)(H,123,134)(H,124,135). The first-order chi connectivity index (χ1) is 66.5. The van der Waals surface area contributed by atoms with Crippen molar-refractivity contribution in [1.82, 2.24) is 106 Å². The molecule has 0 aliphatic heterocycles. The topological polar surface area (TPSA) is 625 Å². The molecule has 20 amide bonds. The number of nitrogens with one attached hydrogen (secondary N) is 20. The van der Waals surface area contributed by atoms with Crippen molar-refractivity contribution >= 4 is 124 Å². The molecule has 0 spiro atoms. The molecule has 1 atom stereocenters. The highest BCUT2D eigenvalue weighted by atomic mass is 19.4. The van der Waals surface area contributed by atoms with Crippen LogP contribution in [0.2, 0.25) is 0 Å². The van der Waals surface area contributed by atoms with Gasteiger partial charge in [-0.2, -0.15) is 119 Å². The maximum absolute atomic E-state index is 15.1. The Kier molecular flexibility index (Phi) is 56.0. The van der Waals surface area contributed by atoms with Gasteiger partial charge in [-0.25, -0.2) is 0 Å². The third-order valence-electron chi connectivity index (χ3n) is 20.2. The molecular weight excluding hydrogens is 2060 g/mol. The Labute approximate surface area is 802 Å². The Morgan fingerprint density at radius 2 is 0.303 bits per heavy atom.